The second kappa shape index (κ2) is 2.63. The van der Waals surface area contributed by atoms with E-state index in [1.165, 1.54) is 27.7 Å². The van der Waals surface area contributed by atoms with E-state index in [1.54, 1.807) is 0 Å². The predicted octanol–water partition coefficient (Wildman–Crippen LogP) is 3.10. The molecule has 0 saturated heterocycles. The van der Waals surface area contributed by atoms with Crippen molar-refractivity contribution >= 4 is 10.9 Å². The molecule has 1 nitrogen and oxygen atoms in total. The first-order chi connectivity index (χ1) is 6.13. The third kappa shape index (κ3) is 0.998. The van der Waals surface area contributed by atoms with E-state index in [4.69, 9.17) is 0 Å². The summed E-state index contributed by atoms with van der Waals surface area (Å²) in [6.07, 6.45) is 0. The van der Waals surface area contributed by atoms with Crippen molar-refractivity contribution < 1.29 is 0 Å². The van der Waals surface area contributed by atoms with Crippen LogP contribution in [0, 0.1) is 20.8 Å². The smallest absolute Gasteiger partial charge is 0.0485 e. The quantitative estimate of drug-likeness (QED) is 0.577. The maximum Gasteiger partial charge on any atom is 0.0485 e. The van der Waals surface area contributed by atoms with E-state index < -0.39 is 0 Å². The Hall–Kier alpha value is -1.24. The van der Waals surface area contributed by atoms with E-state index in [0.29, 0.717) is 0 Å². The van der Waals surface area contributed by atoms with Crippen LogP contribution in [0.25, 0.3) is 10.9 Å². The Morgan fingerprint density at radius 1 is 1.08 bits per heavy atom. The average molecular weight is 173 g/mol. The highest BCUT2D eigenvalue weighted by molar-refractivity contribution is 5.88. The minimum atomic E-state index is 1.34. The molecule has 0 spiro atoms. The van der Waals surface area contributed by atoms with Crippen LogP contribution in [0.3, 0.4) is 0 Å². The molecule has 2 rings (SSSR count). The number of rotatable bonds is 0. The van der Waals surface area contributed by atoms with Crippen LogP contribution in [0.15, 0.2) is 18.2 Å². The summed E-state index contributed by atoms with van der Waals surface area (Å²) >= 11 is 0. The number of nitrogens with zero attached hydrogens (tertiary/aromatic N) is 1. The van der Waals surface area contributed by atoms with Gasteiger partial charge in [0.15, 0.2) is 0 Å². The Kier molecular flexibility index (Phi) is 1.69. The van der Waals surface area contributed by atoms with Crippen molar-refractivity contribution in [3.63, 3.8) is 0 Å². The lowest BCUT2D eigenvalue weighted by molar-refractivity contribution is 0.910. The maximum absolute atomic E-state index is 2.26. The average Bonchev–Trinajstić information content (AvgIpc) is 2.33. The Balaban J connectivity index is 3.03. The van der Waals surface area contributed by atoms with Gasteiger partial charge in [-0.3, -0.25) is 0 Å². The molecule has 0 unspecified atom stereocenters. The summed E-state index contributed by atoms with van der Waals surface area (Å²) < 4.78 is 2.26. The fourth-order valence-corrected chi connectivity index (χ4v) is 2.03. The van der Waals surface area contributed by atoms with Crippen LogP contribution in [0.5, 0.6) is 0 Å². The lowest BCUT2D eigenvalue weighted by atomic mass is 10.1. The molecule has 0 N–H and O–H groups in total. The van der Waals surface area contributed by atoms with Gasteiger partial charge in [-0.25, -0.2) is 0 Å². The minimum absolute atomic E-state index is 1.34. The van der Waals surface area contributed by atoms with Crippen molar-refractivity contribution in [2.75, 3.05) is 0 Å². The highest BCUT2D eigenvalue weighted by Crippen LogP contribution is 2.26. The summed E-state index contributed by atoms with van der Waals surface area (Å²) in [6, 6.07) is 6.48. The maximum atomic E-state index is 2.26. The van der Waals surface area contributed by atoms with Crippen molar-refractivity contribution in [1.82, 2.24) is 4.57 Å². The van der Waals surface area contributed by atoms with Gasteiger partial charge in [0.05, 0.1) is 0 Å². The molecular weight excluding hydrogens is 158 g/mol. The molecule has 2 aromatic rings. The number of aryl methyl sites for hydroxylation is 3. The Morgan fingerprint density at radius 3 is 2.38 bits per heavy atom. The summed E-state index contributed by atoms with van der Waals surface area (Å²) in [7, 11) is 2.13. The predicted molar refractivity (Wildman–Crippen MR) is 57.1 cm³/mol. The zero-order valence-corrected chi connectivity index (χ0v) is 8.68. The molecule has 1 aromatic carbocycles. The van der Waals surface area contributed by atoms with Gasteiger partial charge in [-0.15, -0.1) is 0 Å². The fourth-order valence-electron chi connectivity index (χ4n) is 2.03. The van der Waals surface area contributed by atoms with Crippen LogP contribution in [-0.4, -0.2) is 4.57 Å². The van der Waals surface area contributed by atoms with Crippen molar-refractivity contribution in [2.45, 2.75) is 20.8 Å². The second-order valence-corrected chi connectivity index (χ2v) is 3.74. The summed E-state index contributed by atoms with van der Waals surface area (Å²) in [5, 5.41) is 1.42. The Labute approximate surface area is 79.0 Å². The molecule has 1 heteroatoms. The number of hydrogen-bond donors (Lipinski definition) is 0. The zero-order valence-electron chi connectivity index (χ0n) is 8.68. The highest BCUT2D eigenvalue weighted by atomic mass is 14.9. The number of hydrogen-bond acceptors (Lipinski definition) is 0. The van der Waals surface area contributed by atoms with Gasteiger partial charge in [-0.05, 0) is 38.0 Å². The van der Waals surface area contributed by atoms with Gasteiger partial charge >= 0.3 is 0 Å². The molecule has 0 atom stereocenters. The van der Waals surface area contributed by atoms with Crippen LogP contribution in [0.4, 0.5) is 0 Å². The second-order valence-electron chi connectivity index (χ2n) is 3.74. The number of benzene rings is 1. The van der Waals surface area contributed by atoms with E-state index in [2.05, 4.69) is 50.6 Å². The minimum Gasteiger partial charge on any atom is -0.348 e. The first-order valence-electron chi connectivity index (χ1n) is 4.64. The Bertz CT molecular complexity index is 463. The zero-order chi connectivity index (χ0) is 9.59. The number of aromatic nitrogens is 1. The molecule has 0 aliphatic rings. The van der Waals surface area contributed by atoms with E-state index in [0.717, 1.165) is 0 Å². The molecule has 1 aromatic heterocycles. The molecule has 0 fully saturated rings. The van der Waals surface area contributed by atoms with Crippen molar-refractivity contribution in [3.05, 3.63) is 35.0 Å². The van der Waals surface area contributed by atoms with Crippen molar-refractivity contribution in [3.8, 4) is 0 Å². The monoisotopic (exact) mass is 173 g/mol. The van der Waals surface area contributed by atoms with E-state index in [9.17, 15) is 0 Å². The summed E-state index contributed by atoms with van der Waals surface area (Å²) in [4.78, 5) is 0. The van der Waals surface area contributed by atoms with E-state index in [-0.39, 0.29) is 0 Å². The van der Waals surface area contributed by atoms with Crippen molar-refractivity contribution in [1.29, 1.82) is 0 Å². The van der Waals surface area contributed by atoms with Gasteiger partial charge in [-0.1, -0.05) is 12.1 Å². The molecule has 68 valence electrons. The van der Waals surface area contributed by atoms with Crippen LogP contribution >= 0.6 is 0 Å². The van der Waals surface area contributed by atoms with Gasteiger partial charge in [0, 0.05) is 23.6 Å². The van der Waals surface area contributed by atoms with Gasteiger partial charge in [-0.2, -0.15) is 0 Å². The summed E-state index contributed by atoms with van der Waals surface area (Å²) in [5.41, 5.74) is 5.49. The molecule has 0 aliphatic carbocycles. The lowest BCUT2D eigenvalue weighted by Gasteiger charge is -1.98. The lowest BCUT2D eigenvalue weighted by Crippen LogP contribution is -1.89. The van der Waals surface area contributed by atoms with Gasteiger partial charge < -0.3 is 4.57 Å². The normalized spacial score (nSPS) is 11.1. The van der Waals surface area contributed by atoms with Gasteiger partial charge in [0.2, 0.25) is 0 Å². The summed E-state index contributed by atoms with van der Waals surface area (Å²) in [6.45, 7) is 6.55. The highest BCUT2D eigenvalue weighted by Gasteiger charge is 2.08. The van der Waals surface area contributed by atoms with Gasteiger partial charge in [0.1, 0.15) is 0 Å². The van der Waals surface area contributed by atoms with E-state index in [1.807, 2.05) is 0 Å². The van der Waals surface area contributed by atoms with E-state index >= 15 is 0 Å². The molecule has 1 heterocycles. The molecule has 0 aliphatic heterocycles. The summed E-state index contributed by atoms with van der Waals surface area (Å²) in [5.74, 6) is 0. The molecule has 0 amide bonds. The van der Waals surface area contributed by atoms with Crippen LogP contribution in [0.2, 0.25) is 0 Å². The Morgan fingerprint density at radius 2 is 1.77 bits per heavy atom. The largest absolute Gasteiger partial charge is 0.348 e. The third-order valence-corrected chi connectivity index (χ3v) is 3.03. The molecule has 0 radical (unpaired) electrons. The first-order valence-corrected chi connectivity index (χ1v) is 4.64. The fraction of sp³-hybridized carbons (Fsp3) is 0.333. The molecule has 0 saturated carbocycles. The molecule has 0 bridgehead atoms. The van der Waals surface area contributed by atoms with Crippen LogP contribution in [-0.2, 0) is 7.05 Å². The van der Waals surface area contributed by atoms with Gasteiger partial charge in [0.25, 0.3) is 0 Å². The van der Waals surface area contributed by atoms with Crippen LogP contribution < -0.4 is 0 Å². The topological polar surface area (TPSA) is 4.93 Å². The number of fused-ring (bicyclic) bond motifs is 1. The molecular formula is C12H15N. The molecule has 13 heavy (non-hydrogen) atoms. The van der Waals surface area contributed by atoms with Crippen LogP contribution in [0.1, 0.15) is 16.8 Å². The SMILES string of the molecule is Cc1cccc2c1c(C)c(C)n2C. The first kappa shape index (κ1) is 8.36. The standard InChI is InChI=1S/C12H15N/c1-8-6-5-7-11-12(8)9(2)10(3)13(11)4/h5-7H,1-4H3. The third-order valence-electron chi connectivity index (χ3n) is 3.03. The van der Waals surface area contributed by atoms with Crippen molar-refractivity contribution in [2.24, 2.45) is 7.05 Å².